The molecular weight excluding hydrogens is 376 g/mol. The number of ether oxygens (including phenoxy) is 5. The van der Waals surface area contributed by atoms with Crippen LogP contribution in [-0.2, 0) is 47.7 Å². The molecule has 0 aliphatic carbocycles. The Hall–Kier alpha value is -3.95. The molecule has 0 fully saturated rings. The van der Waals surface area contributed by atoms with E-state index in [9.17, 15) is 24.0 Å². The second kappa shape index (κ2) is 10.3. The fourth-order valence-corrected chi connectivity index (χ4v) is 1.48. The molecule has 0 aromatic heterocycles. The minimum absolute atomic E-state index is 0.601. The molecule has 0 atom stereocenters. The summed E-state index contributed by atoms with van der Waals surface area (Å²) in [5.41, 5.74) is 0. The fourth-order valence-electron chi connectivity index (χ4n) is 1.48. The Morgan fingerprint density at radius 3 is 0.964 bits per heavy atom. The quantitative estimate of drug-likeness (QED) is 0.284. The van der Waals surface area contributed by atoms with Crippen molar-refractivity contribution < 1.29 is 47.7 Å². The lowest BCUT2D eigenvalue weighted by atomic mass is 10.2. The summed E-state index contributed by atoms with van der Waals surface area (Å²) >= 11 is 0. The topological polar surface area (TPSA) is 132 Å². The van der Waals surface area contributed by atoms with Gasteiger partial charge in [0.05, 0.1) is 0 Å². The van der Waals surface area contributed by atoms with Crippen molar-refractivity contribution in [1.29, 1.82) is 0 Å². The molecule has 0 rings (SSSR count). The van der Waals surface area contributed by atoms with Gasteiger partial charge >= 0.3 is 41.6 Å². The molecule has 0 spiro atoms. The lowest BCUT2D eigenvalue weighted by molar-refractivity contribution is -0.432. The predicted molar refractivity (Wildman–Crippen MR) is 92.6 cm³/mol. The molecule has 0 aromatic carbocycles. The van der Waals surface area contributed by atoms with E-state index in [1.165, 1.54) is 0 Å². The fraction of sp³-hybridized carbons (Fsp3) is 0.167. The van der Waals surface area contributed by atoms with E-state index in [1.54, 1.807) is 0 Å². The van der Waals surface area contributed by atoms with Gasteiger partial charge in [0.2, 0.25) is 0 Å². The SMILES string of the molecule is C=CC(=O)OC(C)(OC(=O)C=C)C(OC(=O)C=C)(OC(=O)C=C)OC(=O)C=C. The molecule has 0 amide bonds. The van der Waals surface area contributed by atoms with Crippen LogP contribution >= 0.6 is 0 Å². The first-order valence-electron chi connectivity index (χ1n) is 7.30. The third-order valence-electron chi connectivity index (χ3n) is 2.69. The van der Waals surface area contributed by atoms with Gasteiger partial charge < -0.3 is 23.7 Å². The summed E-state index contributed by atoms with van der Waals surface area (Å²) in [6, 6.07) is 0. The minimum Gasteiger partial charge on any atom is -0.408 e. The highest BCUT2D eigenvalue weighted by Gasteiger charge is 2.66. The van der Waals surface area contributed by atoms with E-state index in [2.05, 4.69) is 32.9 Å². The summed E-state index contributed by atoms with van der Waals surface area (Å²) in [6.45, 7) is 16.5. The summed E-state index contributed by atoms with van der Waals surface area (Å²) < 4.78 is 24.2. The molecule has 0 aromatic rings. The monoisotopic (exact) mass is 394 g/mol. The van der Waals surface area contributed by atoms with E-state index in [0.29, 0.717) is 30.4 Å². The molecule has 0 saturated carbocycles. The molecule has 0 aliphatic rings. The van der Waals surface area contributed by atoms with Gasteiger partial charge in [0.25, 0.3) is 0 Å². The van der Waals surface area contributed by atoms with E-state index in [4.69, 9.17) is 23.7 Å². The first kappa shape index (κ1) is 24.1. The van der Waals surface area contributed by atoms with Gasteiger partial charge in [-0.1, -0.05) is 32.9 Å². The van der Waals surface area contributed by atoms with Gasteiger partial charge in [0.15, 0.2) is 0 Å². The van der Waals surface area contributed by atoms with Crippen LogP contribution in [0.3, 0.4) is 0 Å². The Kier molecular flexibility index (Phi) is 8.81. The minimum atomic E-state index is -3.26. The molecule has 28 heavy (non-hydrogen) atoms. The molecule has 0 aliphatic heterocycles. The number of carbonyl (C=O) groups excluding carboxylic acids is 5. The molecule has 10 heteroatoms. The molecule has 0 saturated heterocycles. The summed E-state index contributed by atoms with van der Waals surface area (Å²) in [7, 11) is 0. The highest BCUT2D eigenvalue weighted by molar-refractivity contribution is 5.87. The number of hydrogen-bond acceptors (Lipinski definition) is 10. The maximum absolute atomic E-state index is 11.8. The molecule has 0 bridgehead atoms. The molecule has 10 nitrogen and oxygen atoms in total. The Bertz CT molecular complexity index is 654. The summed E-state index contributed by atoms with van der Waals surface area (Å²) in [6.07, 6.45) is 3.09. The van der Waals surface area contributed by atoms with Gasteiger partial charge in [-0.2, -0.15) is 0 Å². The van der Waals surface area contributed by atoms with E-state index >= 15 is 0 Å². The first-order valence-corrected chi connectivity index (χ1v) is 7.30. The maximum Gasteiger partial charge on any atom is 0.507 e. The summed E-state index contributed by atoms with van der Waals surface area (Å²) in [4.78, 5) is 59.0. The molecule has 0 N–H and O–H groups in total. The summed E-state index contributed by atoms with van der Waals surface area (Å²) in [5, 5.41) is 0. The van der Waals surface area contributed by atoms with E-state index < -0.39 is 41.6 Å². The van der Waals surface area contributed by atoms with Crippen molar-refractivity contribution in [3.05, 3.63) is 63.3 Å². The zero-order valence-corrected chi connectivity index (χ0v) is 15.0. The molecule has 150 valence electrons. The molecule has 0 unspecified atom stereocenters. The van der Waals surface area contributed by atoms with Crippen molar-refractivity contribution in [2.24, 2.45) is 0 Å². The lowest BCUT2D eigenvalue weighted by Gasteiger charge is -2.40. The van der Waals surface area contributed by atoms with Crippen molar-refractivity contribution in [3.63, 3.8) is 0 Å². The van der Waals surface area contributed by atoms with E-state index in [1.807, 2.05) is 0 Å². The number of carbonyl (C=O) groups is 5. The third-order valence-corrected chi connectivity index (χ3v) is 2.69. The van der Waals surface area contributed by atoms with Crippen LogP contribution in [0.1, 0.15) is 6.92 Å². The Morgan fingerprint density at radius 2 is 0.750 bits per heavy atom. The van der Waals surface area contributed by atoms with Crippen molar-refractivity contribution in [2.75, 3.05) is 0 Å². The van der Waals surface area contributed by atoms with Crippen molar-refractivity contribution >= 4 is 29.8 Å². The van der Waals surface area contributed by atoms with Crippen LogP contribution in [0.15, 0.2) is 63.3 Å². The standard InChI is InChI=1S/C18H18O10/c1-7-12(19)24-17(6,25-13(20)8-2)18(26-14(21)9-3,27-15(22)10-4)28-16(23)11-5/h7-11H,1-5H2,6H3. The van der Waals surface area contributed by atoms with Crippen LogP contribution in [-0.4, -0.2) is 41.6 Å². The second-order valence-electron chi connectivity index (χ2n) is 4.63. The largest absolute Gasteiger partial charge is 0.507 e. The highest BCUT2D eigenvalue weighted by Crippen LogP contribution is 2.36. The normalized spacial score (nSPS) is 10.3. The van der Waals surface area contributed by atoms with Gasteiger partial charge in [-0.05, 0) is 0 Å². The van der Waals surface area contributed by atoms with Gasteiger partial charge in [-0.15, -0.1) is 0 Å². The van der Waals surface area contributed by atoms with Crippen molar-refractivity contribution in [1.82, 2.24) is 0 Å². The number of hydrogen-bond donors (Lipinski definition) is 0. The average molecular weight is 394 g/mol. The Labute approximate surface area is 160 Å². The number of esters is 5. The van der Waals surface area contributed by atoms with E-state index in [-0.39, 0.29) is 0 Å². The van der Waals surface area contributed by atoms with Gasteiger partial charge in [-0.25, -0.2) is 24.0 Å². The van der Waals surface area contributed by atoms with Gasteiger partial charge in [-0.3, -0.25) is 0 Å². The zero-order chi connectivity index (χ0) is 22.0. The smallest absolute Gasteiger partial charge is 0.408 e. The highest BCUT2D eigenvalue weighted by atomic mass is 16.9. The Morgan fingerprint density at radius 1 is 0.536 bits per heavy atom. The van der Waals surface area contributed by atoms with Crippen LogP contribution in [0.25, 0.3) is 0 Å². The van der Waals surface area contributed by atoms with Crippen LogP contribution in [0, 0.1) is 0 Å². The molecular formula is C18H18O10. The lowest BCUT2D eigenvalue weighted by Crippen LogP contribution is -2.63. The average Bonchev–Trinajstić information content (AvgIpc) is 2.66. The zero-order valence-electron chi connectivity index (χ0n) is 15.0. The maximum atomic E-state index is 11.8. The third kappa shape index (κ3) is 6.09. The predicted octanol–water partition coefficient (Wildman–Crippen LogP) is 1.00. The first-order chi connectivity index (χ1) is 13.0. The summed E-state index contributed by atoms with van der Waals surface area (Å²) in [5.74, 6) is -12.5. The van der Waals surface area contributed by atoms with Crippen molar-refractivity contribution in [3.8, 4) is 0 Å². The van der Waals surface area contributed by atoms with Crippen LogP contribution in [0.4, 0.5) is 0 Å². The molecule has 0 heterocycles. The number of rotatable bonds is 11. The van der Waals surface area contributed by atoms with Crippen LogP contribution in [0.5, 0.6) is 0 Å². The van der Waals surface area contributed by atoms with E-state index in [0.717, 1.165) is 6.92 Å². The molecule has 0 radical (unpaired) electrons. The second-order valence-corrected chi connectivity index (χ2v) is 4.63. The van der Waals surface area contributed by atoms with Gasteiger partial charge in [0.1, 0.15) is 0 Å². The van der Waals surface area contributed by atoms with Crippen molar-refractivity contribution in [2.45, 2.75) is 18.7 Å². The van der Waals surface area contributed by atoms with Crippen LogP contribution < -0.4 is 0 Å². The van der Waals surface area contributed by atoms with Crippen LogP contribution in [0.2, 0.25) is 0 Å². The van der Waals surface area contributed by atoms with Gasteiger partial charge in [0, 0.05) is 37.3 Å². The Balaban J connectivity index is 6.78.